The Labute approximate surface area is 161 Å². The monoisotopic (exact) mass is 403 g/mol. The zero-order valence-electron chi connectivity index (χ0n) is 13.5. The van der Waals surface area contributed by atoms with Crippen LogP contribution in [-0.2, 0) is 0 Å². The van der Waals surface area contributed by atoms with E-state index in [0.717, 1.165) is 0 Å². The molecule has 9 heteroatoms. The summed E-state index contributed by atoms with van der Waals surface area (Å²) in [6, 6.07) is 10.7. The molecule has 7 nitrogen and oxygen atoms in total. The van der Waals surface area contributed by atoms with Crippen LogP contribution < -0.4 is 21.8 Å². The molecule has 0 saturated heterocycles. The molecule has 2 N–H and O–H groups in total. The minimum atomic E-state index is -0.623. The highest BCUT2D eigenvalue weighted by Crippen LogP contribution is 2.24. The van der Waals surface area contributed by atoms with Crippen molar-refractivity contribution in [3.8, 4) is 0 Å². The summed E-state index contributed by atoms with van der Waals surface area (Å²) in [5, 5.41) is 11.6. The van der Waals surface area contributed by atoms with Gasteiger partial charge >= 0.3 is 0 Å². The first kappa shape index (κ1) is 18.6. The van der Waals surface area contributed by atoms with Crippen molar-refractivity contribution in [1.82, 2.24) is 9.97 Å². The summed E-state index contributed by atoms with van der Waals surface area (Å²) in [6.07, 6.45) is 2.60. The van der Waals surface area contributed by atoms with Gasteiger partial charge in [0, 0.05) is 21.7 Å². The predicted molar refractivity (Wildman–Crippen MR) is 104 cm³/mol. The molecule has 2 aromatic carbocycles. The maximum atomic E-state index is 12.3. The number of nitrogens with zero attached hydrogens (tertiary/aromatic N) is 1. The van der Waals surface area contributed by atoms with Crippen LogP contribution in [0.15, 0.2) is 52.1 Å². The molecule has 0 aliphatic carbocycles. The number of nitro benzene ring substituents is 1. The van der Waals surface area contributed by atoms with Crippen LogP contribution >= 0.6 is 23.2 Å². The van der Waals surface area contributed by atoms with Gasteiger partial charge in [-0.05, 0) is 30.4 Å². The van der Waals surface area contributed by atoms with Crippen LogP contribution in [-0.4, -0.2) is 14.9 Å². The number of hydrogen-bond donors (Lipinski definition) is 2. The largest absolute Gasteiger partial charge is 0.316 e. The molecule has 0 spiro atoms. The standard InChI is InChI=1S/C18H11Cl2N3O4/c19-12-5-3-6-13(20)11(12)9-15-18(25)21-14(17(24)22-15)8-10-4-1-2-7-16(10)23(26)27/h1-9H,(H,21,25)(H,22,24). The molecule has 136 valence electrons. The summed E-state index contributed by atoms with van der Waals surface area (Å²) < 4.78 is 0. The van der Waals surface area contributed by atoms with E-state index in [2.05, 4.69) is 9.97 Å². The first-order valence-electron chi connectivity index (χ1n) is 7.60. The summed E-state index contributed by atoms with van der Waals surface area (Å²) in [4.78, 5) is 40.0. The Morgan fingerprint density at radius 3 is 2.00 bits per heavy atom. The highest BCUT2D eigenvalue weighted by molar-refractivity contribution is 6.37. The maximum absolute atomic E-state index is 12.3. The van der Waals surface area contributed by atoms with Gasteiger partial charge in [0.2, 0.25) is 0 Å². The number of aromatic amines is 2. The Morgan fingerprint density at radius 2 is 1.41 bits per heavy atom. The summed E-state index contributed by atoms with van der Waals surface area (Å²) in [7, 11) is 0. The smallest absolute Gasteiger partial charge is 0.276 e. The van der Waals surface area contributed by atoms with Crippen molar-refractivity contribution in [2.24, 2.45) is 0 Å². The third-order valence-corrected chi connectivity index (χ3v) is 4.37. The van der Waals surface area contributed by atoms with Gasteiger partial charge in [0.1, 0.15) is 10.7 Å². The molecule has 3 rings (SSSR count). The molecule has 0 aliphatic rings. The van der Waals surface area contributed by atoms with Crippen LogP contribution in [0.3, 0.4) is 0 Å². The molecule has 0 atom stereocenters. The molecule has 0 radical (unpaired) electrons. The second-order valence-electron chi connectivity index (χ2n) is 5.48. The molecule has 27 heavy (non-hydrogen) atoms. The van der Waals surface area contributed by atoms with Crippen molar-refractivity contribution < 1.29 is 4.92 Å². The van der Waals surface area contributed by atoms with Gasteiger partial charge in [0.25, 0.3) is 16.8 Å². The van der Waals surface area contributed by atoms with Gasteiger partial charge in [-0.2, -0.15) is 0 Å². The van der Waals surface area contributed by atoms with Crippen LogP contribution in [0, 0.1) is 10.1 Å². The van der Waals surface area contributed by atoms with E-state index in [4.69, 9.17) is 23.2 Å². The van der Waals surface area contributed by atoms with E-state index in [1.165, 1.54) is 30.4 Å². The number of H-pyrrole nitrogens is 2. The number of benzene rings is 2. The maximum Gasteiger partial charge on any atom is 0.276 e. The van der Waals surface area contributed by atoms with Crippen LogP contribution in [0.5, 0.6) is 0 Å². The Hall–Kier alpha value is -3.16. The third kappa shape index (κ3) is 3.99. The Balaban J connectivity index is 2.21. The average Bonchev–Trinajstić information content (AvgIpc) is 2.62. The molecule has 1 aromatic heterocycles. The van der Waals surface area contributed by atoms with Gasteiger partial charge in [-0.25, -0.2) is 0 Å². The second-order valence-corrected chi connectivity index (χ2v) is 6.29. The molecular weight excluding hydrogens is 393 g/mol. The molecule has 0 unspecified atom stereocenters. The molecule has 1 heterocycles. The minimum absolute atomic E-state index is 0.0466. The first-order valence-corrected chi connectivity index (χ1v) is 8.36. The topological polar surface area (TPSA) is 109 Å². The van der Waals surface area contributed by atoms with Crippen molar-refractivity contribution in [3.05, 3.63) is 105 Å². The van der Waals surface area contributed by atoms with Crippen molar-refractivity contribution in [1.29, 1.82) is 0 Å². The van der Waals surface area contributed by atoms with E-state index in [1.807, 2.05) is 0 Å². The summed E-state index contributed by atoms with van der Waals surface area (Å²) >= 11 is 12.1. The Kier molecular flexibility index (Phi) is 5.25. The van der Waals surface area contributed by atoms with E-state index in [9.17, 15) is 19.7 Å². The lowest BCUT2D eigenvalue weighted by atomic mass is 10.1. The molecule has 0 amide bonds. The lowest BCUT2D eigenvalue weighted by Crippen LogP contribution is -2.46. The molecule has 0 aliphatic heterocycles. The van der Waals surface area contributed by atoms with Gasteiger partial charge in [-0.3, -0.25) is 19.7 Å². The molecule has 0 saturated carbocycles. The van der Waals surface area contributed by atoms with Gasteiger partial charge in [-0.1, -0.05) is 41.4 Å². The zero-order chi connectivity index (χ0) is 19.6. The summed E-state index contributed by atoms with van der Waals surface area (Å²) in [6.45, 7) is 0. The fourth-order valence-corrected chi connectivity index (χ4v) is 2.93. The second kappa shape index (κ2) is 7.61. The van der Waals surface area contributed by atoms with Crippen LogP contribution in [0.2, 0.25) is 10.0 Å². The summed E-state index contributed by atoms with van der Waals surface area (Å²) in [5.74, 6) is 0. The molecule has 3 aromatic rings. The lowest BCUT2D eigenvalue weighted by Gasteiger charge is -2.00. The van der Waals surface area contributed by atoms with Gasteiger partial charge in [-0.15, -0.1) is 0 Å². The number of halogens is 2. The van der Waals surface area contributed by atoms with Crippen molar-refractivity contribution in [3.63, 3.8) is 0 Å². The molecule has 0 bridgehead atoms. The summed E-state index contributed by atoms with van der Waals surface area (Å²) in [5.41, 5.74) is -0.833. The number of nitro groups is 1. The van der Waals surface area contributed by atoms with Crippen LogP contribution in [0.25, 0.3) is 12.2 Å². The lowest BCUT2D eigenvalue weighted by molar-refractivity contribution is -0.385. The van der Waals surface area contributed by atoms with Crippen LogP contribution in [0.4, 0.5) is 5.69 Å². The highest BCUT2D eigenvalue weighted by Gasteiger charge is 2.10. The van der Waals surface area contributed by atoms with E-state index >= 15 is 0 Å². The number of hydrogen-bond acceptors (Lipinski definition) is 4. The molecule has 0 fully saturated rings. The quantitative estimate of drug-likeness (QED) is 0.514. The van der Waals surface area contributed by atoms with Gasteiger partial charge in [0.15, 0.2) is 0 Å². The van der Waals surface area contributed by atoms with Gasteiger partial charge in [0.05, 0.1) is 10.5 Å². The van der Waals surface area contributed by atoms with Crippen molar-refractivity contribution in [2.45, 2.75) is 0 Å². The number of rotatable bonds is 3. The average molecular weight is 404 g/mol. The van der Waals surface area contributed by atoms with E-state index < -0.39 is 16.0 Å². The minimum Gasteiger partial charge on any atom is -0.316 e. The third-order valence-electron chi connectivity index (χ3n) is 3.71. The zero-order valence-corrected chi connectivity index (χ0v) is 15.0. The van der Waals surface area contributed by atoms with Crippen molar-refractivity contribution >= 4 is 41.0 Å². The normalized spacial score (nSPS) is 12.4. The Bertz CT molecular complexity index is 1260. The SMILES string of the molecule is O=c1[nH]c(=Cc2c(Cl)cccc2Cl)c(=O)[nH]c1=Cc1ccccc1[N+](=O)[O-]. The Morgan fingerprint density at radius 1 is 0.852 bits per heavy atom. The number of aromatic nitrogens is 2. The predicted octanol–water partition coefficient (Wildman–Crippen LogP) is 1.94. The van der Waals surface area contributed by atoms with E-state index in [1.54, 1.807) is 24.3 Å². The van der Waals surface area contributed by atoms with E-state index in [0.29, 0.717) is 15.6 Å². The highest BCUT2D eigenvalue weighted by atomic mass is 35.5. The first-order chi connectivity index (χ1) is 12.9. The molecular formula is C18H11Cl2N3O4. The van der Waals surface area contributed by atoms with Gasteiger partial charge < -0.3 is 9.97 Å². The number of para-hydroxylation sites is 1. The fraction of sp³-hybridized carbons (Fsp3) is 0. The van der Waals surface area contributed by atoms with E-state index in [-0.39, 0.29) is 21.9 Å². The van der Waals surface area contributed by atoms with Crippen LogP contribution in [0.1, 0.15) is 11.1 Å². The van der Waals surface area contributed by atoms with Crippen molar-refractivity contribution in [2.75, 3.05) is 0 Å². The fourth-order valence-electron chi connectivity index (χ4n) is 2.42. The number of nitrogens with one attached hydrogen (secondary N) is 2.